The SMILES string of the molecule is CC(NCc1cccc(C2CC2)c1)c1ccc(Cl)cc1. The fourth-order valence-electron chi connectivity index (χ4n) is 2.51. The molecule has 1 aliphatic carbocycles. The minimum atomic E-state index is 0.330. The highest BCUT2D eigenvalue weighted by Crippen LogP contribution is 2.40. The second kappa shape index (κ2) is 5.99. The number of hydrogen-bond donors (Lipinski definition) is 1. The Morgan fingerprint density at radius 1 is 1.15 bits per heavy atom. The van der Waals surface area contributed by atoms with Gasteiger partial charge in [-0.2, -0.15) is 0 Å². The smallest absolute Gasteiger partial charge is 0.0406 e. The lowest BCUT2D eigenvalue weighted by Gasteiger charge is -2.15. The van der Waals surface area contributed by atoms with E-state index in [1.165, 1.54) is 29.5 Å². The lowest BCUT2D eigenvalue weighted by molar-refractivity contribution is 0.574. The molecule has 1 saturated carbocycles. The number of nitrogens with one attached hydrogen (secondary N) is 1. The van der Waals surface area contributed by atoms with E-state index < -0.39 is 0 Å². The Bertz CT molecular complexity index is 572. The number of hydrogen-bond acceptors (Lipinski definition) is 1. The van der Waals surface area contributed by atoms with Crippen molar-refractivity contribution < 1.29 is 0 Å². The van der Waals surface area contributed by atoms with Gasteiger partial charge in [-0.1, -0.05) is 48.0 Å². The zero-order valence-electron chi connectivity index (χ0n) is 11.8. The van der Waals surface area contributed by atoms with E-state index >= 15 is 0 Å². The Morgan fingerprint density at radius 2 is 1.90 bits per heavy atom. The van der Waals surface area contributed by atoms with Crippen molar-refractivity contribution in [1.82, 2.24) is 5.32 Å². The van der Waals surface area contributed by atoms with E-state index in [0.717, 1.165) is 17.5 Å². The molecule has 2 aromatic rings. The van der Waals surface area contributed by atoms with Crippen LogP contribution in [0.1, 0.15) is 48.4 Å². The van der Waals surface area contributed by atoms with Crippen LogP contribution in [0.25, 0.3) is 0 Å². The van der Waals surface area contributed by atoms with E-state index in [1.807, 2.05) is 12.1 Å². The third kappa shape index (κ3) is 3.41. The second-order valence-corrected chi connectivity index (χ2v) is 6.11. The Balaban J connectivity index is 1.61. The van der Waals surface area contributed by atoms with Crippen molar-refractivity contribution in [1.29, 1.82) is 0 Å². The Labute approximate surface area is 126 Å². The zero-order valence-corrected chi connectivity index (χ0v) is 12.5. The molecule has 0 amide bonds. The lowest BCUT2D eigenvalue weighted by Crippen LogP contribution is -2.18. The molecule has 1 nitrogen and oxygen atoms in total. The van der Waals surface area contributed by atoms with Crippen LogP contribution in [0, 0.1) is 0 Å². The first-order chi connectivity index (χ1) is 9.72. The van der Waals surface area contributed by atoms with Crippen LogP contribution in [0.4, 0.5) is 0 Å². The molecule has 1 atom stereocenters. The third-order valence-corrected chi connectivity index (χ3v) is 4.23. The van der Waals surface area contributed by atoms with E-state index in [0.29, 0.717) is 6.04 Å². The molecule has 1 fully saturated rings. The van der Waals surface area contributed by atoms with Crippen molar-refractivity contribution in [2.24, 2.45) is 0 Å². The zero-order chi connectivity index (χ0) is 13.9. The van der Waals surface area contributed by atoms with Gasteiger partial charge in [0, 0.05) is 17.6 Å². The quantitative estimate of drug-likeness (QED) is 0.809. The summed E-state index contributed by atoms with van der Waals surface area (Å²) in [4.78, 5) is 0. The molecule has 0 radical (unpaired) electrons. The maximum Gasteiger partial charge on any atom is 0.0406 e. The van der Waals surface area contributed by atoms with E-state index in [4.69, 9.17) is 11.6 Å². The fourth-order valence-corrected chi connectivity index (χ4v) is 2.64. The van der Waals surface area contributed by atoms with Crippen molar-refractivity contribution in [2.45, 2.75) is 38.3 Å². The van der Waals surface area contributed by atoms with Gasteiger partial charge in [0.15, 0.2) is 0 Å². The molecule has 2 heteroatoms. The first kappa shape index (κ1) is 13.7. The first-order valence-electron chi connectivity index (χ1n) is 7.30. The molecular formula is C18H20ClN. The normalized spacial score (nSPS) is 16.1. The van der Waals surface area contributed by atoms with Gasteiger partial charge in [-0.15, -0.1) is 0 Å². The molecule has 0 heterocycles. The van der Waals surface area contributed by atoms with Gasteiger partial charge in [-0.05, 0) is 54.5 Å². The molecule has 1 unspecified atom stereocenters. The van der Waals surface area contributed by atoms with Gasteiger partial charge in [-0.3, -0.25) is 0 Å². The minimum Gasteiger partial charge on any atom is -0.306 e. The average molecular weight is 286 g/mol. The Hall–Kier alpha value is -1.31. The summed E-state index contributed by atoms with van der Waals surface area (Å²) in [6, 6.07) is 17.4. The van der Waals surface area contributed by atoms with Crippen LogP contribution in [0.3, 0.4) is 0 Å². The van der Waals surface area contributed by atoms with Gasteiger partial charge in [-0.25, -0.2) is 0 Å². The van der Waals surface area contributed by atoms with Crippen LogP contribution in [0.5, 0.6) is 0 Å². The van der Waals surface area contributed by atoms with Crippen LogP contribution in [0.2, 0.25) is 5.02 Å². The van der Waals surface area contributed by atoms with Crippen LogP contribution in [-0.4, -0.2) is 0 Å². The van der Waals surface area contributed by atoms with E-state index in [-0.39, 0.29) is 0 Å². The van der Waals surface area contributed by atoms with Gasteiger partial charge in [0.05, 0.1) is 0 Å². The predicted molar refractivity (Wildman–Crippen MR) is 85.1 cm³/mol. The van der Waals surface area contributed by atoms with Crippen LogP contribution >= 0.6 is 11.6 Å². The third-order valence-electron chi connectivity index (χ3n) is 3.98. The summed E-state index contributed by atoms with van der Waals surface area (Å²) >= 11 is 5.92. The second-order valence-electron chi connectivity index (χ2n) is 5.67. The molecule has 0 bridgehead atoms. The lowest BCUT2D eigenvalue weighted by atomic mass is 10.1. The molecule has 1 N–H and O–H groups in total. The fraction of sp³-hybridized carbons (Fsp3) is 0.333. The molecule has 0 aliphatic heterocycles. The number of halogens is 1. The molecule has 104 valence electrons. The molecule has 0 saturated heterocycles. The van der Waals surface area contributed by atoms with E-state index in [2.05, 4.69) is 48.6 Å². The molecule has 0 aromatic heterocycles. The van der Waals surface area contributed by atoms with E-state index in [1.54, 1.807) is 0 Å². The van der Waals surface area contributed by atoms with Gasteiger partial charge >= 0.3 is 0 Å². The highest BCUT2D eigenvalue weighted by Gasteiger charge is 2.23. The first-order valence-corrected chi connectivity index (χ1v) is 7.68. The van der Waals surface area contributed by atoms with Crippen molar-refractivity contribution in [3.63, 3.8) is 0 Å². The Kier molecular flexibility index (Phi) is 4.09. The van der Waals surface area contributed by atoms with Gasteiger partial charge in [0.1, 0.15) is 0 Å². The molecule has 1 aliphatic rings. The molecule has 2 aromatic carbocycles. The summed E-state index contributed by atoms with van der Waals surface area (Å²) in [6.07, 6.45) is 2.72. The minimum absolute atomic E-state index is 0.330. The highest BCUT2D eigenvalue weighted by atomic mass is 35.5. The molecule has 3 rings (SSSR count). The summed E-state index contributed by atoms with van der Waals surface area (Å²) in [5.41, 5.74) is 4.14. The monoisotopic (exact) mass is 285 g/mol. The van der Waals surface area contributed by atoms with Crippen molar-refractivity contribution >= 4 is 11.6 Å². The molecule has 0 spiro atoms. The van der Waals surface area contributed by atoms with Crippen molar-refractivity contribution in [2.75, 3.05) is 0 Å². The number of benzene rings is 2. The van der Waals surface area contributed by atoms with Crippen LogP contribution in [-0.2, 0) is 6.54 Å². The summed E-state index contributed by atoms with van der Waals surface area (Å²) < 4.78 is 0. The van der Waals surface area contributed by atoms with Crippen LogP contribution < -0.4 is 5.32 Å². The van der Waals surface area contributed by atoms with Crippen molar-refractivity contribution in [3.05, 3.63) is 70.2 Å². The maximum absolute atomic E-state index is 5.92. The molecule has 20 heavy (non-hydrogen) atoms. The topological polar surface area (TPSA) is 12.0 Å². The summed E-state index contributed by atoms with van der Waals surface area (Å²) in [7, 11) is 0. The van der Waals surface area contributed by atoms with Gasteiger partial charge in [0.25, 0.3) is 0 Å². The molecular weight excluding hydrogens is 266 g/mol. The number of rotatable bonds is 5. The predicted octanol–water partition coefficient (Wildman–Crippen LogP) is 5.07. The van der Waals surface area contributed by atoms with Crippen LogP contribution in [0.15, 0.2) is 48.5 Å². The Morgan fingerprint density at radius 3 is 2.60 bits per heavy atom. The van der Waals surface area contributed by atoms with E-state index in [9.17, 15) is 0 Å². The standard InChI is InChI=1S/C18H20ClN/c1-13(15-7-9-18(19)10-8-15)20-12-14-3-2-4-17(11-14)16-5-6-16/h2-4,7-11,13,16,20H,5-6,12H2,1H3. The summed E-state index contributed by atoms with van der Waals surface area (Å²) in [5.74, 6) is 0.823. The van der Waals surface area contributed by atoms with Crippen molar-refractivity contribution in [3.8, 4) is 0 Å². The summed E-state index contributed by atoms with van der Waals surface area (Å²) in [5, 5.41) is 4.37. The van der Waals surface area contributed by atoms with Gasteiger partial charge < -0.3 is 5.32 Å². The maximum atomic E-state index is 5.92. The highest BCUT2D eigenvalue weighted by molar-refractivity contribution is 6.30. The van der Waals surface area contributed by atoms with Gasteiger partial charge in [0.2, 0.25) is 0 Å². The average Bonchev–Trinajstić information content (AvgIpc) is 3.30. The summed E-state index contributed by atoms with van der Waals surface area (Å²) in [6.45, 7) is 3.10. The largest absolute Gasteiger partial charge is 0.306 e.